The molecule has 1 aromatic rings. The van der Waals surface area contributed by atoms with Crippen LogP contribution < -0.4 is 11.1 Å². The van der Waals surface area contributed by atoms with Crippen molar-refractivity contribution in [1.82, 2.24) is 5.32 Å². The van der Waals surface area contributed by atoms with Gasteiger partial charge in [0.05, 0.1) is 0 Å². The fourth-order valence-electron chi connectivity index (χ4n) is 2.96. The van der Waals surface area contributed by atoms with Gasteiger partial charge in [0.1, 0.15) is 11.6 Å². The largest absolute Gasteiger partial charge is 0.480 e. The molecule has 1 heterocycles. The van der Waals surface area contributed by atoms with E-state index in [-0.39, 0.29) is 11.7 Å². The molecule has 4 N–H and O–H groups in total. The molecule has 0 unspecified atom stereocenters. The number of amides is 1. The molecule has 2 atom stereocenters. The van der Waals surface area contributed by atoms with Crippen molar-refractivity contribution in [3.8, 4) is 0 Å². The molecule has 2 fully saturated rings. The molecular weight excluding hydrogens is 332 g/mol. The Balaban J connectivity index is 0.000000198. The van der Waals surface area contributed by atoms with Gasteiger partial charge in [-0.05, 0) is 30.9 Å². The Bertz CT molecular complexity index is 649. The number of aliphatic carboxylic acids is 1. The van der Waals surface area contributed by atoms with E-state index in [0.29, 0.717) is 30.7 Å². The number of nitrogens with two attached hydrogens (primary N) is 1. The number of nitrogens with one attached hydrogen (secondary N) is 1. The van der Waals surface area contributed by atoms with Crippen LogP contribution in [0.3, 0.4) is 0 Å². The topological polar surface area (TPSA) is 109 Å². The van der Waals surface area contributed by atoms with Crippen LogP contribution in [-0.4, -0.2) is 28.8 Å². The zero-order valence-corrected chi connectivity index (χ0v) is 14.0. The highest BCUT2D eigenvalue weighted by atomic mass is 35.5. The highest BCUT2D eigenvalue weighted by Crippen LogP contribution is 2.35. The molecule has 24 heavy (non-hydrogen) atoms. The highest BCUT2D eigenvalue weighted by molar-refractivity contribution is 6.31. The summed E-state index contributed by atoms with van der Waals surface area (Å²) in [7, 11) is 0. The maximum Gasteiger partial charge on any atom is 0.326 e. The zero-order valence-electron chi connectivity index (χ0n) is 13.3. The SMILES string of the molecule is N[C@@]1(c2ccccc2Cl)CCCCC1=O.O=C1CC[C@H](C(=O)O)N1. The normalized spacial score (nSPS) is 26.3. The summed E-state index contributed by atoms with van der Waals surface area (Å²) in [6, 6.07) is 6.72. The van der Waals surface area contributed by atoms with Crippen molar-refractivity contribution in [2.75, 3.05) is 0 Å². The van der Waals surface area contributed by atoms with E-state index in [9.17, 15) is 14.4 Å². The van der Waals surface area contributed by atoms with E-state index < -0.39 is 17.6 Å². The first-order chi connectivity index (χ1) is 11.3. The van der Waals surface area contributed by atoms with Crippen LogP contribution in [0.2, 0.25) is 5.02 Å². The first-order valence-electron chi connectivity index (χ1n) is 7.94. The van der Waals surface area contributed by atoms with Gasteiger partial charge in [-0.3, -0.25) is 9.59 Å². The van der Waals surface area contributed by atoms with E-state index in [0.717, 1.165) is 18.4 Å². The molecule has 7 heteroatoms. The molecule has 1 saturated carbocycles. The molecule has 0 aromatic heterocycles. The second kappa shape index (κ2) is 7.77. The lowest BCUT2D eigenvalue weighted by molar-refractivity contribution is -0.140. The number of hydrogen-bond acceptors (Lipinski definition) is 4. The zero-order chi connectivity index (χ0) is 17.7. The van der Waals surface area contributed by atoms with Crippen LogP contribution in [0, 0.1) is 0 Å². The van der Waals surface area contributed by atoms with Crippen LogP contribution in [0.25, 0.3) is 0 Å². The van der Waals surface area contributed by atoms with Gasteiger partial charge in [-0.1, -0.05) is 36.2 Å². The average Bonchev–Trinajstić information content (AvgIpc) is 2.98. The minimum Gasteiger partial charge on any atom is -0.480 e. The van der Waals surface area contributed by atoms with Crippen LogP contribution in [0.5, 0.6) is 0 Å². The van der Waals surface area contributed by atoms with Gasteiger partial charge < -0.3 is 16.2 Å². The van der Waals surface area contributed by atoms with Gasteiger partial charge in [-0.25, -0.2) is 4.79 Å². The number of halogens is 1. The number of carboxylic acids is 1. The highest BCUT2D eigenvalue weighted by Gasteiger charge is 2.38. The van der Waals surface area contributed by atoms with Gasteiger partial charge in [0, 0.05) is 17.9 Å². The van der Waals surface area contributed by atoms with E-state index in [1.807, 2.05) is 18.2 Å². The van der Waals surface area contributed by atoms with E-state index in [1.165, 1.54) is 0 Å². The van der Waals surface area contributed by atoms with Crippen LogP contribution in [0.15, 0.2) is 24.3 Å². The molecular formula is C17H21ClN2O4. The molecule has 6 nitrogen and oxygen atoms in total. The maximum atomic E-state index is 11.9. The van der Waals surface area contributed by atoms with Gasteiger partial charge in [0.2, 0.25) is 5.91 Å². The van der Waals surface area contributed by atoms with Gasteiger partial charge in [-0.2, -0.15) is 0 Å². The summed E-state index contributed by atoms with van der Waals surface area (Å²) in [6.45, 7) is 0. The molecule has 3 rings (SSSR count). The monoisotopic (exact) mass is 352 g/mol. The standard InChI is InChI=1S/C12H14ClNO.C5H7NO3/c13-10-6-2-1-5-9(10)12(14)8-4-3-7-11(12)15;7-4-2-1-3(6-4)5(8)9/h1-2,5-6H,3-4,7-8,14H2;3H,1-2H2,(H,6,7)(H,8,9)/t12-;3-/m11/s1. The molecule has 1 aromatic carbocycles. The van der Waals surface area contributed by atoms with Crippen LogP contribution in [0.1, 0.15) is 44.1 Å². The second-order valence-corrected chi connectivity index (χ2v) is 6.49. The van der Waals surface area contributed by atoms with Gasteiger partial charge in [0.15, 0.2) is 5.78 Å². The third kappa shape index (κ3) is 4.13. The fraction of sp³-hybridized carbons (Fsp3) is 0.471. The van der Waals surface area contributed by atoms with Crippen LogP contribution in [-0.2, 0) is 19.9 Å². The quantitative estimate of drug-likeness (QED) is 0.754. The predicted molar refractivity (Wildman–Crippen MR) is 89.6 cm³/mol. The molecule has 1 amide bonds. The lowest BCUT2D eigenvalue weighted by Gasteiger charge is -2.32. The van der Waals surface area contributed by atoms with Gasteiger partial charge in [-0.15, -0.1) is 0 Å². The Labute approximate surface area is 145 Å². The van der Waals surface area contributed by atoms with Crippen molar-refractivity contribution >= 4 is 29.3 Å². The van der Waals surface area contributed by atoms with Crippen molar-refractivity contribution in [2.24, 2.45) is 5.73 Å². The number of ketones is 1. The minimum absolute atomic E-state index is 0.113. The summed E-state index contributed by atoms with van der Waals surface area (Å²) >= 11 is 6.08. The lowest BCUT2D eigenvalue weighted by atomic mass is 9.76. The van der Waals surface area contributed by atoms with E-state index in [1.54, 1.807) is 6.07 Å². The summed E-state index contributed by atoms with van der Waals surface area (Å²) in [5.41, 5.74) is 6.11. The van der Waals surface area contributed by atoms with Crippen LogP contribution >= 0.6 is 11.6 Å². The van der Waals surface area contributed by atoms with Crippen LogP contribution in [0.4, 0.5) is 0 Å². The van der Waals surface area contributed by atoms with Crippen molar-refractivity contribution in [3.05, 3.63) is 34.9 Å². The fourth-order valence-corrected chi connectivity index (χ4v) is 3.26. The Morgan fingerprint density at radius 3 is 2.46 bits per heavy atom. The third-order valence-corrected chi connectivity index (χ3v) is 4.70. The molecule has 1 aliphatic carbocycles. The molecule has 0 spiro atoms. The summed E-state index contributed by atoms with van der Waals surface area (Å²) in [5.74, 6) is -0.995. The average molecular weight is 353 g/mol. The third-order valence-electron chi connectivity index (χ3n) is 4.37. The lowest BCUT2D eigenvalue weighted by Crippen LogP contribution is -2.47. The molecule has 0 bridgehead atoms. The number of hydrogen-bond donors (Lipinski definition) is 3. The van der Waals surface area contributed by atoms with E-state index in [4.69, 9.17) is 22.4 Å². The first kappa shape index (κ1) is 18.4. The Kier molecular flexibility index (Phi) is 5.96. The number of carbonyl (C=O) groups excluding carboxylic acids is 2. The van der Waals surface area contributed by atoms with Crippen molar-refractivity contribution in [3.63, 3.8) is 0 Å². The van der Waals surface area contributed by atoms with Gasteiger partial charge in [0.25, 0.3) is 0 Å². The number of Topliss-reactive ketones (excluding diaryl/α,β-unsaturated/α-hetero) is 1. The number of carbonyl (C=O) groups is 3. The Morgan fingerprint density at radius 2 is 1.96 bits per heavy atom. The number of benzene rings is 1. The van der Waals surface area contributed by atoms with Crippen molar-refractivity contribution in [2.45, 2.75) is 50.1 Å². The smallest absolute Gasteiger partial charge is 0.326 e. The minimum atomic E-state index is -0.944. The number of carboxylic acid groups (broad SMARTS) is 1. The molecule has 2 aliphatic rings. The second-order valence-electron chi connectivity index (χ2n) is 6.08. The maximum absolute atomic E-state index is 11.9. The summed E-state index contributed by atoms with van der Waals surface area (Å²) in [6.07, 6.45) is 3.98. The summed E-state index contributed by atoms with van der Waals surface area (Å²) < 4.78 is 0. The molecule has 0 radical (unpaired) electrons. The number of rotatable bonds is 2. The Morgan fingerprint density at radius 1 is 1.25 bits per heavy atom. The summed E-state index contributed by atoms with van der Waals surface area (Å²) in [4.78, 5) is 32.4. The first-order valence-corrected chi connectivity index (χ1v) is 8.32. The van der Waals surface area contributed by atoms with E-state index >= 15 is 0 Å². The molecule has 1 aliphatic heterocycles. The summed E-state index contributed by atoms with van der Waals surface area (Å²) in [5, 5.41) is 11.2. The van der Waals surface area contributed by atoms with Gasteiger partial charge >= 0.3 is 5.97 Å². The van der Waals surface area contributed by atoms with E-state index in [2.05, 4.69) is 5.32 Å². The van der Waals surface area contributed by atoms with Crippen molar-refractivity contribution < 1.29 is 19.5 Å². The molecule has 1 saturated heterocycles. The molecule has 130 valence electrons. The van der Waals surface area contributed by atoms with Crippen molar-refractivity contribution in [1.29, 1.82) is 0 Å². The Hall–Kier alpha value is -1.92. The predicted octanol–water partition coefficient (Wildman–Crippen LogP) is 1.99.